The van der Waals surface area contributed by atoms with Crippen LogP contribution in [0.25, 0.3) is 0 Å². The van der Waals surface area contributed by atoms with Crippen LogP contribution in [0.5, 0.6) is 0 Å². The van der Waals surface area contributed by atoms with Crippen molar-refractivity contribution in [3.63, 3.8) is 0 Å². The molecule has 1 heterocycles. The maximum Gasteiger partial charge on any atom is 0.261 e. The second-order valence-electron chi connectivity index (χ2n) is 7.58. The number of amides is 1. The van der Waals surface area contributed by atoms with E-state index in [0.717, 1.165) is 48.9 Å². The molecule has 2 aromatic carbocycles. The number of hydrogen-bond donors (Lipinski definition) is 1. The molecule has 2 aromatic rings. The molecule has 28 heavy (non-hydrogen) atoms. The van der Waals surface area contributed by atoms with Crippen molar-refractivity contribution in [3.8, 4) is 0 Å². The van der Waals surface area contributed by atoms with Gasteiger partial charge in [0.05, 0.1) is 10.6 Å². The Labute approximate surface area is 170 Å². The van der Waals surface area contributed by atoms with Crippen molar-refractivity contribution in [3.05, 3.63) is 52.5 Å². The van der Waals surface area contributed by atoms with Gasteiger partial charge >= 0.3 is 0 Å². The zero-order valence-electron chi connectivity index (χ0n) is 15.7. The molecular formula is C21H23ClN2O3S. The lowest BCUT2D eigenvalue weighted by atomic mass is 9.83. The molecule has 1 fully saturated rings. The highest BCUT2D eigenvalue weighted by atomic mass is 35.5. The molecule has 0 saturated heterocycles. The van der Waals surface area contributed by atoms with Crippen LogP contribution in [-0.2, 0) is 21.2 Å². The van der Waals surface area contributed by atoms with Gasteiger partial charge in [0.25, 0.3) is 10.0 Å². The van der Waals surface area contributed by atoms with Gasteiger partial charge in [-0.15, -0.1) is 0 Å². The van der Waals surface area contributed by atoms with Crippen molar-refractivity contribution in [2.75, 3.05) is 16.2 Å². The van der Waals surface area contributed by atoms with Crippen LogP contribution in [-0.4, -0.2) is 20.9 Å². The maximum absolute atomic E-state index is 12.8. The highest BCUT2D eigenvalue weighted by Gasteiger charge is 2.32. The van der Waals surface area contributed by atoms with Crippen LogP contribution in [0.2, 0.25) is 5.02 Å². The minimum atomic E-state index is -3.74. The summed E-state index contributed by atoms with van der Waals surface area (Å²) in [6, 6.07) is 10.1. The van der Waals surface area contributed by atoms with E-state index in [2.05, 4.69) is 4.72 Å². The third-order valence-corrected chi connectivity index (χ3v) is 7.41. The molecule has 7 heteroatoms. The number of nitrogens with one attached hydrogen (secondary N) is 1. The molecule has 0 radical (unpaired) electrons. The summed E-state index contributed by atoms with van der Waals surface area (Å²) in [5, 5.41) is 0.510. The Kier molecular flexibility index (Phi) is 5.10. The second kappa shape index (κ2) is 7.41. The summed E-state index contributed by atoms with van der Waals surface area (Å²) in [6.45, 7) is 2.56. The van der Waals surface area contributed by atoms with E-state index in [4.69, 9.17) is 11.6 Å². The average molecular weight is 419 g/mol. The summed E-state index contributed by atoms with van der Waals surface area (Å²) < 4.78 is 28.2. The number of carbonyl (C=O) groups excluding carboxylic acids is 1. The molecular weight excluding hydrogens is 396 g/mol. The summed E-state index contributed by atoms with van der Waals surface area (Å²) in [5.41, 5.74) is 3.06. The Balaban J connectivity index is 1.60. The van der Waals surface area contributed by atoms with Crippen molar-refractivity contribution in [2.45, 2.75) is 43.9 Å². The van der Waals surface area contributed by atoms with Crippen LogP contribution in [0.1, 0.15) is 36.8 Å². The SMILES string of the molecule is Cc1ccc(NS(=O)(=O)c2ccc3c(c2)CCCN3C(=O)C2CCC2)cc1Cl. The van der Waals surface area contributed by atoms with Crippen LogP contribution in [0.3, 0.4) is 0 Å². The topological polar surface area (TPSA) is 66.5 Å². The Morgan fingerprint density at radius 3 is 2.61 bits per heavy atom. The summed E-state index contributed by atoms with van der Waals surface area (Å²) in [5.74, 6) is 0.303. The Bertz CT molecular complexity index is 1030. The number of fused-ring (bicyclic) bond motifs is 1. The zero-order valence-corrected chi connectivity index (χ0v) is 17.3. The molecule has 1 aliphatic heterocycles. The van der Waals surface area contributed by atoms with Gasteiger partial charge in [-0.3, -0.25) is 9.52 Å². The fraction of sp³-hybridized carbons (Fsp3) is 0.381. The lowest BCUT2D eigenvalue weighted by Gasteiger charge is -2.35. The molecule has 1 N–H and O–H groups in total. The third-order valence-electron chi connectivity index (χ3n) is 5.62. The van der Waals surface area contributed by atoms with E-state index in [1.807, 2.05) is 11.8 Å². The van der Waals surface area contributed by atoms with E-state index < -0.39 is 10.0 Å². The van der Waals surface area contributed by atoms with Gasteiger partial charge in [-0.05, 0) is 74.1 Å². The summed E-state index contributed by atoms with van der Waals surface area (Å²) in [4.78, 5) is 14.7. The van der Waals surface area contributed by atoms with Crippen LogP contribution in [0.4, 0.5) is 11.4 Å². The van der Waals surface area contributed by atoms with Crippen molar-refractivity contribution < 1.29 is 13.2 Å². The number of aryl methyl sites for hydroxylation is 2. The molecule has 2 aliphatic rings. The number of anilines is 2. The monoisotopic (exact) mass is 418 g/mol. The molecule has 5 nitrogen and oxygen atoms in total. The van der Waals surface area contributed by atoms with E-state index in [9.17, 15) is 13.2 Å². The van der Waals surface area contributed by atoms with Gasteiger partial charge in [0.15, 0.2) is 0 Å². The molecule has 148 valence electrons. The van der Waals surface area contributed by atoms with E-state index in [1.54, 1.807) is 36.4 Å². The van der Waals surface area contributed by atoms with Crippen LogP contribution < -0.4 is 9.62 Å². The number of carbonyl (C=O) groups is 1. The molecule has 0 unspecified atom stereocenters. The van der Waals surface area contributed by atoms with E-state index in [1.165, 1.54) is 0 Å². The normalized spacial score (nSPS) is 17.0. The lowest BCUT2D eigenvalue weighted by molar-refractivity contribution is -0.124. The Morgan fingerprint density at radius 1 is 1.14 bits per heavy atom. The highest BCUT2D eigenvalue weighted by Crippen LogP contribution is 2.35. The number of benzene rings is 2. The van der Waals surface area contributed by atoms with Gasteiger partial charge in [-0.2, -0.15) is 0 Å². The first-order valence-electron chi connectivity index (χ1n) is 9.58. The number of sulfonamides is 1. The number of hydrogen-bond acceptors (Lipinski definition) is 3. The second-order valence-corrected chi connectivity index (χ2v) is 9.67. The minimum absolute atomic E-state index is 0.127. The van der Waals surface area contributed by atoms with Gasteiger partial charge in [-0.1, -0.05) is 24.1 Å². The number of nitrogens with zero attached hydrogens (tertiary/aromatic N) is 1. The maximum atomic E-state index is 12.8. The molecule has 0 atom stereocenters. The Morgan fingerprint density at radius 2 is 1.93 bits per heavy atom. The highest BCUT2D eigenvalue weighted by molar-refractivity contribution is 7.92. The largest absolute Gasteiger partial charge is 0.312 e. The molecule has 0 aromatic heterocycles. The number of halogens is 1. The summed E-state index contributed by atoms with van der Waals surface area (Å²) in [6.07, 6.45) is 4.64. The van der Waals surface area contributed by atoms with Gasteiger partial charge in [0.2, 0.25) is 5.91 Å². The molecule has 1 saturated carbocycles. The van der Waals surface area contributed by atoms with E-state index in [0.29, 0.717) is 17.3 Å². The first kappa shape index (κ1) is 19.3. The molecule has 0 bridgehead atoms. The van der Waals surface area contributed by atoms with Gasteiger partial charge in [-0.25, -0.2) is 8.42 Å². The molecule has 1 aliphatic carbocycles. The fourth-order valence-corrected chi connectivity index (χ4v) is 5.00. The minimum Gasteiger partial charge on any atom is -0.312 e. The fourth-order valence-electron chi connectivity index (χ4n) is 3.72. The predicted octanol–water partition coefficient (Wildman–Crippen LogP) is 4.53. The third kappa shape index (κ3) is 3.63. The average Bonchev–Trinajstić information content (AvgIpc) is 2.62. The molecule has 4 rings (SSSR count). The molecule has 1 amide bonds. The van der Waals surface area contributed by atoms with E-state index in [-0.39, 0.29) is 16.7 Å². The van der Waals surface area contributed by atoms with Crippen molar-refractivity contribution in [1.82, 2.24) is 0 Å². The first-order chi connectivity index (χ1) is 13.3. The van der Waals surface area contributed by atoms with Crippen LogP contribution in [0.15, 0.2) is 41.3 Å². The van der Waals surface area contributed by atoms with Crippen molar-refractivity contribution >= 4 is 38.9 Å². The first-order valence-corrected chi connectivity index (χ1v) is 11.4. The number of rotatable bonds is 4. The van der Waals surface area contributed by atoms with Gasteiger partial charge in [0.1, 0.15) is 0 Å². The van der Waals surface area contributed by atoms with E-state index >= 15 is 0 Å². The summed E-state index contributed by atoms with van der Waals surface area (Å²) >= 11 is 6.10. The van der Waals surface area contributed by atoms with Crippen molar-refractivity contribution in [2.24, 2.45) is 5.92 Å². The van der Waals surface area contributed by atoms with Crippen molar-refractivity contribution in [1.29, 1.82) is 0 Å². The van der Waals surface area contributed by atoms with Crippen LogP contribution in [0, 0.1) is 12.8 Å². The smallest absolute Gasteiger partial charge is 0.261 e. The Hall–Kier alpha value is -2.05. The predicted molar refractivity (Wildman–Crippen MR) is 111 cm³/mol. The van der Waals surface area contributed by atoms with Gasteiger partial charge in [0, 0.05) is 23.2 Å². The zero-order chi connectivity index (χ0) is 19.9. The molecule has 0 spiro atoms. The quantitative estimate of drug-likeness (QED) is 0.793. The van der Waals surface area contributed by atoms with Crippen LogP contribution >= 0.6 is 11.6 Å². The lowest BCUT2D eigenvalue weighted by Crippen LogP contribution is -2.41. The van der Waals surface area contributed by atoms with Gasteiger partial charge < -0.3 is 4.90 Å². The summed E-state index contributed by atoms with van der Waals surface area (Å²) in [7, 11) is -3.74. The standard InChI is InChI=1S/C21H23ClN2O3S/c1-14-7-8-17(13-19(14)22)23-28(26,27)18-9-10-20-16(12-18)6-3-11-24(20)21(25)15-4-2-5-15/h7-10,12-13,15,23H,2-6,11H2,1H3.